The number of unbranched alkanes of at least 4 members (excludes halogenated alkanes) is 11. The Kier molecular flexibility index (Phi) is 18.9. The fourth-order valence-electron chi connectivity index (χ4n) is 3.51. The molecule has 6 nitrogen and oxygen atoms in total. The number of hydrogen-bond acceptors (Lipinski definition) is 3. The molecule has 0 aromatic rings. The van der Waals surface area contributed by atoms with E-state index in [9.17, 15) is 19.5 Å². The normalized spacial score (nSPS) is 11.7. The van der Waals surface area contributed by atoms with Crippen molar-refractivity contribution in [3.05, 3.63) is 12.2 Å². The third-order valence-electron chi connectivity index (χ3n) is 5.54. The minimum absolute atomic E-state index is 0.0193. The zero-order valence-electron chi connectivity index (χ0n) is 20.0. The summed E-state index contributed by atoms with van der Waals surface area (Å²) in [5.74, 6) is -1.95. The van der Waals surface area contributed by atoms with Gasteiger partial charge in [-0.15, -0.1) is 0 Å². The predicted molar refractivity (Wildman–Crippen MR) is 127 cm³/mol. The number of carboxylic acid groups (broad SMARTS) is 1. The minimum Gasteiger partial charge on any atom is -0.481 e. The molecule has 0 heterocycles. The van der Waals surface area contributed by atoms with Crippen LogP contribution in [0.3, 0.4) is 0 Å². The van der Waals surface area contributed by atoms with E-state index >= 15 is 0 Å². The highest BCUT2D eigenvalue weighted by Crippen LogP contribution is 2.17. The maximum atomic E-state index is 12.0. The first kappa shape index (κ1) is 29.1. The van der Waals surface area contributed by atoms with Crippen molar-refractivity contribution in [2.45, 2.75) is 110 Å². The molecule has 0 saturated carbocycles. The second-order valence-electron chi connectivity index (χ2n) is 8.66. The molecule has 0 radical (unpaired) electrons. The smallest absolute Gasteiger partial charge is 0.307 e. The van der Waals surface area contributed by atoms with Crippen molar-refractivity contribution in [2.24, 2.45) is 5.92 Å². The summed E-state index contributed by atoms with van der Waals surface area (Å²) in [6.45, 7) is 8.31. The number of amides is 2. The zero-order valence-corrected chi connectivity index (χ0v) is 20.0. The van der Waals surface area contributed by atoms with Crippen LogP contribution in [0.25, 0.3) is 0 Å². The molecule has 1 unspecified atom stereocenters. The summed E-state index contributed by atoms with van der Waals surface area (Å²) in [5, 5.41) is 14.8. The second kappa shape index (κ2) is 20.1. The van der Waals surface area contributed by atoms with Crippen LogP contribution in [0.1, 0.15) is 110 Å². The predicted octanol–water partition coefficient (Wildman–Crippen LogP) is 5.37. The van der Waals surface area contributed by atoms with E-state index in [2.05, 4.69) is 24.1 Å². The lowest BCUT2D eigenvalue weighted by Gasteiger charge is -2.12. The molecule has 0 aromatic carbocycles. The molecule has 180 valence electrons. The lowest BCUT2D eigenvalue weighted by Crippen LogP contribution is -2.32. The molecule has 0 aliphatic heterocycles. The van der Waals surface area contributed by atoms with Gasteiger partial charge in [0.2, 0.25) is 11.8 Å². The van der Waals surface area contributed by atoms with Gasteiger partial charge in [-0.1, -0.05) is 90.6 Å². The quantitative estimate of drug-likeness (QED) is 0.166. The van der Waals surface area contributed by atoms with E-state index in [-0.39, 0.29) is 18.2 Å². The summed E-state index contributed by atoms with van der Waals surface area (Å²) in [6, 6.07) is 0. The lowest BCUT2D eigenvalue weighted by molar-refractivity contribution is -0.144. The van der Waals surface area contributed by atoms with Crippen molar-refractivity contribution in [2.75, 3.05) is 13.1 Å². The van der Waals surface area contributed by atoms with Gasteiger partial charge < -0.3 is 15.7 Å². The molecule has 3 N–H and O–H groups in total. The average molecular weight is 439 g/mol. The van der Waals surface area contributed by atoms with Gasteiger partial charge in [-0.2, -0.15) is 0 Å². The van der Waals surface area contributed by atoms with Gasteiger partial charge in [0.1, 0.15) is 0 Å². The Balaban J connectivity index is 3.71. The third kappa shape index (κ3) is 18.6. The van der Waals surface area contributed by atoms with E-state index in [0.29, 0.717) is 31.5 Å². The first-order valence-electron chi connectivity index (χ1n) is 12.3. The number of carboxylic acids is 1. The maximum absolute atomic E-state index is 12.0. The van der Waals surface area contributed by atoms with Crippen LogP contribution in [0.4, 0.5) is 0 Å². The van der Waals surface area contributed by atoms with Gasteiger partial charge in [-0.3, -0.25) is 14.4 Å². The van der Waals surface area contributed by atoms with Crippen molar-refractivity contribution >= 4 is 17.8 Å². The Morgan fingerprint density at radius 2 is 1.26 bits per heavy atom. The molecular weight excluding hydrogens is 392 g/mol. The fourth-order valence-corrected chi connectivity index (χ4v) is 3.51. The van der Waals surface area contributed by atoms with Gasteiger partial charge in [0.15, 0.2) is 0 Å². The Morgan fingerprint density at radius 1 is 0.774 bits per heavy atom. The minimum atomic E-state index is -0.896. The summed E-state index contributed by atoms with van der Waals surface area (Å²) in [7, 11) is 0. The Labute approximate surface area is 189 Å². The van der Waals surface area contributed by atoms with Gasteiger partial charge in [-0.25, -0.2) is 0 Å². The van der Waals surface area contributed by atoms with Crippen molar-refractivity contribution in [3.63, 3.8) is 0 Å². The molecule has 0 fully saturated rings. The van der Waals surface area contributed by atoms with Crippen LogP contribution in [-0.4, -0.2) is 36.0 Å². The number of hydrogen-bond donors (Lipinski definition) is 3. The molecular formula is C25H46N2O4. The standard InChI is InChI=1S/C25H46N2O4/c1-4-5-6-7-8-9-10-11-12-13-14-15-17-22(25(30)31)20-23(28)26-18-16-19-27-24(29)21(2)3/h22H,2,4-20H2,1,3H3,(H,26,28)(H,27,29)(H,30,31). The zero-order chi connectivity index (χ0) is 23.3. The Bertz CT molecular complexity index is 520. The first-order valence-corrected chi connectivity index (χ1v) is 12.3. The lowest BCUT2D eigenvalue weighted by atomic mass is 9.96. The topological polar surface area (TPSA) is 95.5 Å². The number of carbonyl (C=O) groups is 3. The molecule has 2 amide bonds. The van der Waals surface area contributed by atoms with Crippen LogP contribution in [0, 0.1) is 5.92 Å². The van der Waals surface area contributed by atoms with Crippen molar-refractivity contribution in [1.29, 1.82) is 0 Å². The van der Waals surface area contributed by atoms with Crippen LogP contribution in [-0.2, 0) is 14.4 Å². The van der Waals surface area contributed by atoms with Gasteiger partial charge in [0.05, 0.1) is 5.92 Å². The Morgan fingerprint density at radius 3 is 1.74 bits per heavy atom. The van der Waals surface area contributed by atoms with Gasteiger partial charge in [-0.05, 0) is 19.8 Å². The molecule has 0 aliphatic rings. The number of rotatable bonds is 21. The Hall–Kier alpha value is -1.85. The number of aliphatic carboxylic acids is 1. The molecule has 0 aromatic heterocycles. The average Bonchev–Trinajstić information content (AvgIpc) is 2.72. The number of nitrogens with one attached hydrogen (secondary N) is 2. The molecule has 1 atom stereocenters. The SMILES string of the molecule is C=C(C)C(=O)NCCCNC(=O)CC(CCCCCCCCCCCCCC)C(=O)O. The van der Waals surface area contributed by atoms with Crippen molar-refractivity contribution < 1.29 is 19.5 Å². The number of carbonyl (C=O) groups excluding carboxylic acids is 2. The monoisotopic (exact) mass is 438 g/mol. The summed E-state index contributed by atoms with van der Waals surface area (Å²) >= 11 is 0. The fraction of sp³-hybridized carbons (Fsp3) is 0.800. The van der Waals surface area contributed by atoms with Gasteiger partial charge in [0, 0.05) is 25.1 Å². The maximum Gasteiger partial charge on any atom is 0.307 e. The van der Waals surface area contributed by atoms with Crippen LogP contribution in [0.2, 0.25) is 0 Å². The molecule has 0 aliphatic carbocycles. The van der Waals surface area contributed by atoms with Crippen molar-refractivity contribution in [3.8, 4) is 0 Å². The van der Waals surface area contributed by atoms with Crippen LogP contribution in [0.5, 0.6) is 0 Å². The highest BCUT2D eigenvalue weighted by Gasteiger charge is 2.20. The third-order valence-corrected chi connectivity index (χ3v) is 5.54. The van der Waals surface area contributed by atoms with E-state index in [1.165, 1.54) is 57.8 Å². The molecule has 6 heteroatoms. The molecule has 0 saturated heterocycles. The van der Waals surface area contributed by atoms with E-state index in [1.54, 1.807) is 6.92 Å². The summed E-state index contributed by atoms with van der Waals surface area (Å²) in [5.41, 5.74) is 0.450. The highest BCUT2D eigenvalue weighted by molar-refractivity contribution is 5.92. The van der Waals surface area contributed by atoms with Crippen LogP contribution in [0.15, 0.2) is 12.2 Å². The van der Waals surface area contributed by atoms with Crippen LogP contribution >= 0.6 is 0 Å². The van der Waals surface area contributed by atoms with E-state index in [4.69, 9.17) is 0 Å². The van der Waals surface area contributed by atoms with Gasteiger partial charge >= 0.3 is 5.97 Å². The van der Waals surface area contributed by atoms with E-state index in [1.807, 2.05) is 0 Å². The van der Waals surface area contributed by atoms with Gasteiger partial charge in [0.25, 0.3) is 0 Å². The van der Waals surface area contributed by atoms with E-state index < -0.39 is 11.9 Å². The van der Waals surface area contributed by atoms with E-state index in [0.717, 1.165) is 19.3 Å². The molecule has 0 rings (SSSR count). The summed E-state index contributed by atoms with van der Waals surface area (Å²) in [4.78, 5) is 34.8. The molecule has 31 heavy (non-hydrogen) atoms. The van der Waals surface area contributed by atoms with Crippen molar-refractivity contribution in [1.82, 2.24) is 10.6 Å². The second-order valence-corrected chi connectivity index (χ2v) is 8.66. The largest absolute Gasteiger partial charge is 0.481 e. The summed E-state index contributed by atoms with van der Waals surface area (Å²) < 4.78 is 0. The first-order chi connectivity index (χ1) is 14.9. The molecule has 0 spiro atoms. The van der Waals surface area contributed by atoms with Crippen LogP contribution < -0.4 is 10.6 Å². The summed E-state index contributed by atoms with van der Waals surface area (Å²) in [6.07, 6.45) is 16.1. The highest BCUT2D eigenvalue weighted by atomic mass is 16.4. The molecule has 0 bridgehead atoms.